The van der Waals surface area contributed by atoms with Gasteiger partial charge in [0.15, 0.2) is 0 Å². The Balaban J connectivity index is 2.23. The number of pyridine rings is 1. The number of nitrogens with zero attached hydrogens (tertiary/aromatic N) is 1. The standard InChI is InChI=1S/C17H21FN2O/c1-11(2)19-9-14-8-15(18)10-20-17(14)21-16-6-5-12(3)13(4)7-16/h5-8,10-11,19H,9H2,1-4H3. The van der Waals surface area contributed by atoms with Crippen LogP contribution in [0.5, 0.6) is 11.6 Å². The molecule has 0 spiro atoms. The number of rotatable bonds is 5. The van der Waals surface area contributed by atoms with E-state index in [1.165, 1.54) is 17.8 Å². The Morgan fingerprint density at radius 1 is 1.19 bits per heavy atom. The molecule has 1 N–H and O–H groups in total. The lowest BCUT2D eigenvalue weighted by molar-refractivity contribution is 0.445. The van der Waals surface area contributed by atoms with Gasteiger partial charge in [-0.2, -0.15) is 0 Å². The lowest BCUT2D eigenvalue weighted by Gasteiger charge is -2.13. The van der Waals surface area contributed by atoms with Gasteiger partial charge in [0.1, 0.15) is 11.6 Å². The zero-order valence-corrected chi connectivity index (χ0v) is 12.9. The van der Waals surface area contributed by atoms with E-state index in [1.54, 1.807) is 0 Å². The van der Waals surface area contributed by atoms with Gasteiger partial charge in [-0.1, -0.05) is 19.9 Å². The summed E-state index contributed by atoms with van der Waals surface area (Å²) in [5.41, 5.74) is 3.06. The molecule has 0 amide bonds. The summed E-state index contributed by atoms with van der Waals surface area (Å²) in [6, 6.07) is 7.62. The molecule has 0 bridgehead atoms. The first-order valence-electron chi connectivity index (χ1n) is 7.08. The van der Waals surface area contributed by atoms with Crippen LogP contribution in [0.25, 0.3) is 0 Å². The summed E-state index contributed by atoms with van der Waals surface area (Å²) in [5.74, 6) is 0.791. The topological polar surface area (TPSA) is 34.1 Å². The van der Waals surface area contributed by atoms with E-state index in [0.717, 1.165) is 5.56 Å². The second kappa shape index (κ2) is 6.68. The van der Waals surface area contributed by atoms with Gasteiger partial charge in [0.2, 0.25) is 5.88 Å². The first-order valence-corrected chi connectivity index (χ1v) is 7.08. The van der Waals surface area contributed by atoms with Gasteiger partial charge in [0.05, 0.1) is 6.20 Å². The maximum Gasteiger partial charge on any atom is 0.223 e. The van der Waals surface area contributed by atoms with Crippen LogP contribution in [0.4, 0.5) is 4.39 Å². The number of hydrogen-bond acceptors (Lipinski definition) is 3. The van der Waals surface area contributed by atoms with Crippen LogP contribution >= 0.6 is 0 Å². The van der Waals surface area contributed by atoms with Crippen LogP contribution < -0.4 is 10.1 Å². The molecular weight excluding hydrogens is 267 g/mol. The molecular formula is C17H21FN2O. The predicted molar refractivity (Wildman–Crippen MR) is 82.2 cm³/mol. The zero-order valence-electron chi connectivity index (χ0n) is 12.9. The molecule has 4 heteroatoms. The number of halogens is 1. The third-order valence-electron chi connectivity index (χ3n) is 3.29. The minimum absolute atomic E-state index is 0.308. The molecule has 0 unspecified atom stereocenters. The molecule has 2 aromatic rings. The van der Waals surface area contributed by atoms with Crippen LogP contribution in [0.1, 0.15) is 30.5 Å². The average Bonchev–Trinajstić information content (AvgIpc) is 2.43. The van der Waals surface area contributed by atoms with Crippen LogP contribution in [-0.4, -0.2) is 11.0 Å². The number of benzene rings is 1. The van der Waals surface area contributed by atoms with Crippen molar-refractivity contribution in [3.05, 3.63) is 53.0 Å². The van der Waals surface area contributed by atoms with Crippen molar-refractivity contribution in [1.82, 2.24) is 10.3 Å². The molecule has 0 saturated carbocycles. The van der Waals surface area contributed by atoms with E-state index in [2.05, 4.69) is 10.3 Å². The first kappa shape index (κ1) is 15.4. The van der Waals surface area contributed by atoms with Gasteiger partial charge in [-0.15, -0.1) is 0 Å². The Hall–Kier alpha value is -1.94. The largest absolute Gasteiger partial charge is 0.439 e. The fourth-order valence-electron chi connectivity index (χ4n) is 1.89. The highest BCUT2D eigenvalue weighted by atomic mass is 19.1. The minimum atomic E-state index is -0.358. The molecule has 0 atom stereocenters. The van der Waals surface area contributed by atoms with Crippen molar-refractivity contribution in [3.8, 4) is 11.6 Å². The third-order valence-corrected chi connectivity index (χ3v) is 3.29. The molecule has 2 rings (SSSR count). The van der Waals surface area contributed by atoms with Crippen molar-refractivity contribution in [3.63, 3.8) is 0 Å². The van der Waals surface area contributed by atoms with Crippen molar-refractivity contribution in [2.24, 2.45) is 0 Å². The van der Waals surface area contributed by atoms with E-state index in [-0.39, 0.29) is 5.82 Å². The Bertz CT molecular complexity index is 626. The van der Waals surface area contributed by atoms with Gasteiger partial charge in [0.25, 0.3) is 0 Å². The Kier molecular flexibility index (Phi) is 4.91. The van der Waals surface area contributed by atoms with E-state index in [0.29, 0.717) is 29.8 Å². The van der Waals surface area contributed by atoms with Gasteiger partial charge in [-0.25, -0.2) is 9.37 Å². The van der Waals surface area contributed by atoms with Crippen molar-refractivity contribution in [2.75, 3.05) is 0 Å². The molecule has 0 aliphatic rings. The molecule has 1 heterocycles. The molecule has 1 aromatic heterocycles. The average molecular weight is 288 g/mol. The van der Waals surface area contributed by atoms with Crippen molar-refractivity contribution >= 4 is 0 Å². The first-order chi connectivity index (χ1) is 9.95. The van der Waals surface area contributed by atoms with Gasteiger partial charge in [0, 0.05) is 18.2 Å². The smallest absolute Gasteiger partial charge is 0.223 e. The monoisotopic (exact) mass is 288 g/mol. The summed E-state index contributed by atoms with van der Waals surface area (Å²) in [6.07, 6.45) is 1.18. The maximum absolute atomic E-state index is 13.4. The number of aryl methyl sites for hydroxylation is 2. The Labute approximate surface area is 125 Å². The number of hydrogen-bond donors (Lipinski definition) is 1. The molecule has 0 aliphatic carbocycles. The molecule has 0 fully saturated rings. The van der Waals surface area contributed by atoms with Crippen molar-refractivity contribution in [1.29, 1.82) is 0 Å². The predicted octanol–water partition coefficient (Wildman–Crippen LogP) is 4.13. The Morgan fingerprint density at radius 2 is 1.95 bits per heavy atom. The summed E-state index contributed by atoms with van der Waals surface area (Å²) >= 11 is 0. The fraction of sp³-hybridized carbons (Fsp3) is 0.353. The van der Waals surface area contributed by atoms with Gasteiger partial charge < -0.3 is 10.1 Å². The summed E-state index contributed by atoms with van der Waals surface area (Å²) in [4.78, 5) is 4.07. The summed E-state index contributed by atoms with van der Waals surface area (Å²) < 4.78 is 19.2. The summed E-state index contributed by atoms with van der Waals surface area (Å²) in [5, 5.41) is 3.25. The summed E-state index contributed by atoms with van der Waals surface area (Å²) in [7, 11) is 0. The van der Waals surface area contributed by atoms with E-state index in [1.807, 2.05) is 45.9 Å². The maximum atomic E-state index is 13.4. The highest BCUT2D eigenvalue weighted by Crippen LogP contribution is 2.25. The summed E-state index contributed by atoms with van der Waals surface area (Å²) in [6.45, 7) is 8.67. The highest BCUT2D eigenvalue weighted by molar-refractivity contribution is 5.37. The molecule has 0 radical (unpaired) electrons. The van der Waals surface area contributed by atoms with Crippen molar-refractivity contribution in [2.45, 2.75) is 40.3 Å². The highest BCUT2D eigenvalue weighted by Gasteiger charge is 2.09. The van der Waals surface area contributed by atoms with Crippen LogP contribution in [0.3, 0.4) is 0 Å². The van der Waals surface area contributed by atoms with Gasteiger partial charge in [-0.05, 0) is 43.2 Å². The van der Waals surface area contributed by atoms with E-state index in [9.17, 15) is 4.39 Å². The molecule has 21 heavy (non-hydrogen) atoms. The normalized spacial score (nSPS) is 11.0. The quantitative estimate of drug-likeness (QED) is 0.898. The third kappa shape index (κ3) is 4.26. The number of nitrogens with one attached hydrogen (secondary N) is 1. The SMILES string of the molecule is Cc1ccc(Oc2ncc(F)cc2CNC(C)C)cc1C. The fourth-order valence-corrected chi connectivity index (χ4v) is 1.89. The lowest BCUT2D eigenvalue weighted by atomic mass is 10.1. The molecule has 3 nitrogen and oxygen atoms in total. The molecule has 0 aliphatic heterocycles. The number of ether oxygens (including phenoxy) is 1. The zero-order chi connectivity index (χ0) is 15.4. The van der Waals surface area contributed by atoms with Crippen LogP contribution in [-0.2, 0) is 6.54 Å². The van der Waals surface area contributed by atoms with Crippen LogP contribution in [0.2, 0.25) is 0 Å². The van der Waals surface area contributed by atoms with Crippen molar-refractivity contribution < 1.29 is 9.13 Å². The molecule has 1 aromatic carbocycles. The second-order valence-corrected chi connectivity index (χ2v) is 5.50. The van der Waals surface area contributed by atoms with E-state index >= 15 is 0 Å². The molecule has 112 valence electrons. The van der Waals surface area contributed by atoms with Crippen LogP contribution in [0, 0.1) is 19.7 Å². The van der Waals surface area contributed by atoms with Crippen LogP contribution in [0.15, 0.2) is 30.5 Å². The molecule has 0 saturated heterocycles. The Morgan fingerprint density at radius 3 is 2.62 bits per heavy atom. The van der Waals surface area contributed by atoms with Gasteiger partial charge in [-0.3, -0.25) is 0 Å². The minimum Gasteiger partial charge on any atom is -0.439 e. The van der Waals surface area contributed by atoms with Gasteiger partial charge >= 0.3 is 0 Å². The second-order valence-electron chi connectivity index (χ2n) is 5.50. The number of aromatic nitrogens is 1. The van der Waals surface area contributed by atoms with E-state index < -0.39 is 0 Å². The lowest BCUT2D eigenvalue weighted by Crippen LogP contribution is -2.22. The van der Waals surface area contributed by atoms with E-state index in [4.69, 9.17) is 4.74 Å².